The topological polar surface area (TPSA) is 40.5 Å². The summed E-state index contributed by atoms with van der Waals surface area (Å²) in [6.07, 6.45) is -0.849. The van der Waals surface area contributed by atoms with E-state index in [-0.39, 0.29) is 5.91 Å². The van der Waals surface area contributed by atoms with E-state index in [1.807, 2.05) is 0 Å². The van der Waals surface area contributed by atoms with Crippen molar-refractivity contribution in [2.75, 3.05) is 12.3 Å². The zero-order valence-corrected chi connectivity index (χ0v) is 12.8. The number of aliphatic hydroxyl groups excluding tert-OH is 1. The maximum absolute atomic E-state index is 12.3. The molecule has 2 atom stereocenters. The van der Waals surface area contributed by atoms with Crippen LogP contribution in [-0.4, -0.2) is 32.5 Å². The number of halogens is 1. The van der Waals surface area contributed by atoms with Gasteiger partial charge in [-0.15, -0.1) is 0 Å². The van der Waals surface area contributed by atoms with E-state index < -0.39 is 12.0 Å². The van der Waals surface area contributed by atoms with E-state index in [2.05, 4.69) is 0 Å². The molecule has 19 heavy (non-hydrogen) atoms. The van der Waals surface area contributed by atoms with Gasteiger partial charge in [0.05, 0.1) is 12.0 Å². The molecule has 1 heterocycles. The molecule has 1 amide bonds. The summed E-state index contributed by atoms with van der Waals surface area (Å²) < 4.78 is 0.597. The number of nitrogens with zero attached hydrogens (tertiary/aromatic N) is 1. The Labute approximate surface area is 126 Å². The standard InChI is InChI=1S/C13H14ClNO2S2/c1-8(12(17)15-6-7-19-13(15)18)11(16)9-2-4-10(14)5-3-9/h2-5,8,11,16H,6-7H2,1H3/t8-,11-/m1/s1. The molecule has 0 radical (unpaired) electrons. The number of rotatable bonds is 3. The highest BCUT2D eigenvalue weighted by molar-refractivity contribution is 8.23. The molecule has 1 aromatic rings. The van der Waals surface area contributed by atoms with Gasteiger partial charge in [0.15, 0.2) is 0 Å². The number of benzene rings is 1. The Hall–Kier alpha value is -0.620. The van der Waals surface area contributed by atoms with Crippen LogP contribution in [0.5, 0.6) is 0 Å². The summed E-state index contributed by atoms with van der Waals surface area (Å²) in [7, 11) is 0. The third kappa shape index (κ3) is 3.28. The molecule has 1 aliphatic rings. The maximum Gasteiger partial charge on any atom is 0.233 e. The fraction of sp³-hybridized carbons (Fsp3) is 0.385. The summed E-state index contributed by atoms with van der Waals surface area (Å²) in [5.74, 6) is 0.171. The van der Waals surface area contributed by atoms with Gasteiger partial charge in [-0.2, -0.15) is 0 Å². The van der Waals surface area contributed by atoms with Crippen LogP contribution >= 0.6 is 35.6 Å². The lowest BCUT2D eigenvalue weighted by atomic mass is 9.96. The van der Waals surface area contributed by atoms with Gasteiger partial charge in [-0.25, -0.2) is 0 Å². The molecule has 102 valence electrons. The molecular weight excluding hydrogens is 302 g/mol. The van der Waals surface area contributed by atoms with Crippen molar-refractivity contribution in [1.29, 1.82) is 0 Å². The molecule has 1 aromatic carbocycles. The SMILES string of the molecule is C[C@@H](C(=O)N1CCSC1=S)[C@@H](O)c1ccc(Cl)cc1. The quantitative estimate of drug-likeness (QED) is 0.871. The Kier molecular flexibility index (Phi) is 4.84. The number of carbonyl (C=O) groups excluding carboxylic acids is 1. The molecule has 0 unspecified atom stereocenters. The fourth-order valence-electron chi connectivity index (χ4n) is 1.92. The largest absolute Gasteiger partial charge is 0.388 e. The van der Waals surface area contributed by atoms with Crippen LogP contribution in [0.15, 0.2) is 24.3 Å². The summed E-state index contributed by atoms with van der Waals surface area (Å²) in [4.78, 5) is 13.8. The average Bonchev–Trinajstić information content (AvgIpc) is 2.83. The Balaban J connectivity index is 2.10. The number of hydrogen-bond acceptors (Lipinski definition) is 4. The predicted molar refractivity (Wildman–Crippen MR) is 82.3 cm³/mol. The minimum atomic E-state index is -0.849. The molecule has 0 saturated carbocycles. The Bertz CT molecular complexity index is 492. The second-order valence-corrected chi connectivity index (χ2v) is 6.55. The van der Waals surface area contributed by atoms with Gasteiger partial charge in [-0.1, -0.05) is 54.6 Å². The van der Waals surface area contributed by atoms with Gasteiger partial charge in [0, 0.05) is 17.3 Å². The van der Waals surface area contributed by atoms with E-state index >= 15 is 0 Å². The molecule has 1 fully saturated rings. The highest BCUT2D eigenvalue weighted by atomic mass is 35.5. The third-order valence-corrected chi connectivity index (χ3v) is 4.78. The zero-order chi connectivity index (χ0) is 14.0. The van der Waals surface area contributed by atoms with Crippen LogP contribution in [-0.2, 0) is 4.79 Å². The van der Waals surface area contributed by atoms with Gasteiger partial charge < -0.3 is 5.11 Å². The first-order chi connectivity index (χ1) is 9.00. The van der Waals surface area contributed by atoms with Crippen molar-refractivity contribution in [2.24, 2.45) is 5.92 Å². The second-order valence-electron chi connectivity index (χ2n) is 4.39. The lowest BCUT2D eigenvalue weighted by Crippen LogP contribution is -2.37. The van der Waals surface area contributed by atoms with Crippen molar-refractivity contribution in [2.45, 2.75) is 13.0 Å². The van der Waals surface area contributed by atoms with E-state index in [9.17, 15) is 9.90 Å². The van der Waals surface area contributed by atoms with Gasteiger partial charge >= 0.3 is 0 Å². The first-order valence-electron chi connectivity index (χ1n) is 5.92. The van der Waals surface area contributed by atoms with E-state index in [0.717, 1.165) is 5.75 Å². The zero-order valence-electron chi connectivity index (χ0n) is 10.4. The molecule has 0 aliphatic carbocycles. The molecule has 0 aromatic heterocycles. The summed E-state index contributed by atoms with van der Waals surface area (Å²) in [6, 6.07) is 6.86. The number of aliphatic hydroxyl groups is 1. The molecule has 0 spiro atoms. The molecule has 1 aliphatic heterocycles. The van der Waals surface area contributed by atoms with Crippen LogP contribution in [0.2, 0.25) is 5.02 Å². The Morgan fingerprint density at radius 1 is 1.47 bits per heavy atom. The van der Waals surface area contributed by atoms with E-state index in [1.54, 1.807) is 36.1 Å². The Morgan fingerprint density at radius 3 is 2.63 bits per heavy atom. The predicted octanol–water partition coefficient (Wildman–Crippen LogP) is 2.87. The molecule has 3 nitrogen and oxygen atoms in total. The summed E-state index contributed by atoms with van der Waals surface area (Å²) in [6.45, 7) is 2.34. The monoisotopic (exact) mass is 315 g/mol. The molecule has 1 saturated heterocycles. The lowest BCUT2D eigenvalue weighted by Gasteiger charge is -2.23. The molecule has 0 bridgehead atoms. The number of thiocarbonyl (C=S) groups is 1. The summed E-state index contributed by atoms with van der Waals surface area (Å²) in [5.41, 5.74) is 0.683. The molecular formula is C13H14ClNO2S2. The molecule has 1 N–H and O–H groups in total. The van der Waals surface area contributed by atoms with E-state index in [1.165, 1.54) is 11.8 Å². The van der Waals surface area contributed by atoms with Crippen LogP contribution in [0.25, 0.3) is 0 Å². The van der Waals surface area contributed by atoms with Crippen molar-refractivity contribution in [1.82, 2.24) is 4.90 Å². The minimum absolute atomic E-state index is 0.127. The fourth-order valence-corrected chi connectivity index (χ4v) is 3.27. The second kappa shape index (κ2) is 6.22. The van der Waals surface area contributed by atoms with Crippen LogP contribution in [0, 0.1) is 5.92 Å². The van der Waals surface area contributed by atoms with Crippen LogP contribution < -0.4 is 0 Å². The van der Waals surface area contributed by atoms with Crippen LogP contribution in [0.1, 0.15) is 18.6 Å². The van der Waals surface area contributed by atoms with Crippen molar-refractivity contribution in [3.63, 3.8) is 0 Å². The van der Waals surface area contributed by atoms with Gasteiger partial charge in [-0.05, 0) is 17.7 Å². The van der Waals surface area contributed by atoms with Crippen molar-refractivity contribution < 1.29 is 9.90 Å². The lowest BCUT2D eigenvalue weighted by molar-refractivity contribution is -0.134. The normalized spacial score (nSPS) is 18.5. The maximum atomic E-state index is 12.3. The average molecular weight is 316 g/mol. The molecule has 6 heteroatoms. The van der Waals surface area contributed by atoms with Crippen LogP contribution in [0.3, 0.4) is 0 Å². The Morgan fingerprint density at radius 2 is 2.11 bits per heavy atom. The third-order valence-electron chi connectivity index (χ3n) is 3.10. The summed E-state index contributed by atoms with van der Waals surface area (Å²) >= 11 is 12.4. The van der Waals surface area contributed by atoms with Gasteiger partial charge in [0.1, 0.15) is 4.32 Å². The number of carbonyl (C=O) groups is 1. The van der Waals surface area contributed by atoms with Gasteiger partial charge in [0.2, 0.25) is 5.91 Å². The van der Waals surface area contributed by atoms with Gasteiger partial charge in [-0.3, -0.25) is 9.69 Å². The first kappa shape index (κ1) is 14.8. The van der Waals surface area contributed by atoms with Crippen molar-refractivity contribution >= 4 is 45.8 Å². The first-order valence-corrected chi connectivity index (χ1v) is 7.69. The number of hydrogen-bond donors (Lipinski definition) is 1. The number of amides is 1. The van der Waals surface area contributed by atoms with E-state index in [0.29, 0.717) is 21.5 Å². The van der Waals surface area contributed by atoms with Crippen LogP contribution in [0.4, 0.5) is 0 Å². The van der Waals surface area contributed by atoms with E-state index in [4.69, 9.17) is 23.8 Å². The minimum Gasteiger partial charge on any atom is -0.388 e. The highest BCUT2D eigenvalue weighted by Gasteiger charge is 2.32. The van der Waals surface area contributed by atoms with Gasteiger partial charge in [0.25, 0.3) is 0 Å². The highest BCUT2D eigenvalue weighted by Crippen LogP contribution is 2.27. The van der Waals surface area contributed by atoms with Crippen molar-refractivity contribution in [3.8, 4) is 0 Å². The smallest absolute Gasteiger partial charge is 0.233 e. The van der Waals surface area contributed by atoms with Crippen molar-refractivity contribution in [3.05, 3.63) is 34.9 Å². The number of thioether (sulfide) groups is 1. The summed E-state index contributed by atoms with van der Waals surface area (Å²) in [5, 5.41) is 10.9. The molecule has 2 rings (SSSR count).